The molecule has 0 bridgehead atoms. The minimum absolute atomic E-state index is 0.191. The second-order valence-corrected chi connectivity index (χ2v) is 4.16. The highest BCUT2D eigenvalue weighted by Gasteiger charge is 2.03. The van der Waals surface area contributed by atoms with E-state index in [0.717, 1.165) is 4.47 Å². The first kappa shape index (κ1) is 12.0. The molecule has 0 radical (unpaired) electrons. The largest absolute Gasteiger partial charge is 0.271 e. The molecule has 0 aliphatic rings. The first-order valence-corrected chi connectivity index (χ1v) is 5.92. The zero-order valence-electron chi connectivity index (χ0n) is 7.79. The predicted octanol–water partition coefficient (Wildman–Crippen LogP) is 3.01. The topological polar surface area (TPSA) is 48.2 Å². The Balaban J connectivity index is 3.05. The molecule has 3 nitrogen and oxygen atoms in total. The Kier molecular flexibility index (Phi) is 4.59. The van der Waals surface area contributed by atoms with Crippen molar-refractivity contribution in [3.63, 3.8) is 0 Å². The highest BCUT2D eigenvalue weighted by Crippen LogP contribution is 2.23. The fourth-order valence-corrected chi connectivity index (χ4v) is 1.54. The van der Waals surface area contributed by atoms with Gasteiger partial charge in [0.2, 0.25) is 0 Å². The Morgan fingerprint density at radius 2 is 2.40 bits per heavy atom. The monoisotopic (exact) mass is 287 g/mol. The number of benzene rings is 1. The van der Waals surface area contributed by atoms with Crippen molar-refractivity contribution in [1.29, 1.82) is 5.26 Å². The van der Waals surface area contributed by atoms with Gasteiger partial charge in [-0.15, -0.1) is 0 Å². The number of hydrogen-bond donors (Lipinski definition) is 1. The van der Waals surface area contributed by atoms with Crippen LogP contribution in [0, 0.1) is 17.3 Å². The van der Waals surface area contributed by atoms with Gasteiger partial charge in [0.1, 0.15) is 11.5 Å². The van der Waals surface area contributed by atoms with E-state index in [1.807, 2.05) is 0 Å². The average Bonchev–Trinajstić information content (AvgIpc) is 2.22. The average molecular weight is 288 g/mol. The second-order valence-electron chi connectivity index (χ2n) is 2.45. The van der Waals surface area contributed by atoms with Gasteiger partial charge in [0.15, 0.2) is 11.4 Å². The van der Waals surface area contributed by atoms with Crippen LogP contribution in [0.5, 0.6) is 0 Å². The smallest absolute Gasteiger partial charge is 0.183 e. The van der Waals surface area contributed by atoms with E-state index in [1.54, 1.807) is 24.6 Å². The summed E-state index contributed by atoms with van der Waals surface area (Å²) in [6.07, 6.45) is 3.49. The Bertz CT molecular complexity index is 428. The van der Waals surface area contributed by atoms with Crippen molar-refractivity contribution in [2.45, 2.75) is 0 Å². The van der Waals surface area contributed by atoms with Gasteiger partial charge in [-0.2, -0.15) is 5.26 Å². The quantitative estimate of drug-likeness (QED) is 0.374. The van der Waals surface area contributed by atoms with Gasteiger partial charge in [-0.3, -0.25) is 5.32 Å². The summed E-state index contributed by atoms with van der Waals surface area (Å²) >= 11 is 4.46. The van der Waals surface area contributed by atoms with Gasteiger partial charge in [-0.1, -0.05) is 27.7 Å². The van der Waals surface area contributed by atoms with Gasteiger partial charge in [-0.05, 0) is 24.5 Å². The van der Waals surface area contributed by atoms with E-state index in [1.165, 1.54) is 17.8 Å². The molecule has 1 rings (SSSR count). The summed E-state index contributed by atoms with van der Waals surface area (Å²) in [6.45, 7) is 0. The molecule has 0 aromatic heterocycles. The zero-order valence-corrected chi connectivity index (χ0v) is 10.2. The molecule has 15 heavy (non-hydrogen) atoms. The third-order valence-electron chi connectivity index (χ3n) is 1.49. The first-order valence-electron chi connectivity index (χ1n) is 3.90. The van der Waals surface area contributed by atoms with Crippen LogP contribution < -0.4 is 5.32 Å². The molecule has 0 fully saturated rings. The van der Waals surface area contributed by atoms with Gasteiger partial charge in [0, 0.05) is 4.47 Å². The van der Waals surface area contributed by atoms with Gasteiger partial charge in [-0.25, -0.2) is 9.38 Å². The van der Waals surface area contributed by atoms with Crippen LogP contribution in [0.4, 0.5) is 10.1 Å². The molecule has 1 N–H and O–H groups in total. The molecular weight excluding hydrogens is 281 g/mol. The summed E-state index contributed by atoms with van der Waals surface area (Å²) < 4.78 is 14.0. The molecule has 0 spiro atoms. The van der Waals surface area contributed by atoms with Crippen LogP contribution in [0.2, 0.25) is 0 Å². The van der Waals surface area contributed by atoms with Crippen molar-refractivity contribution in [2.24, 2.45) is 4.99 Å². The Hall–Kier alpha value is -1.06. The van der Waals surface area contributed by atoms with Crippen LogP contribution in [-0.2, 0) is 0 Å². The number of hydrogen-bond acceptors (Lipinski definition) is 3. The number of rotatable bonds is 1. The highest BCUT2D eigenvalue weighted by molar-refractivity contribution is 9.10. The van der Waals surface area contributed by atoms with E-state index in [-0.39, 0.29) is 5.69 Å². The lowest BCUT2D eigenvalue weighted by Crippen LogP contribution is -2.12. The van der Waals surface area contributed by atoms with Crippen LogP contribution in [0.3, 0.4) is 0 Å². The lowest BCUT2D eigenvalue weighted by Gasteiger charge is -2.01. The summed E-state index contributed by atoms with van der Waals surface area (Å²) in [6, 6.07) is 4.45. The molecule has 1 aromatic rings. The lowest BCUT2D eigenvalue weighted by atomic mass is 10.3. The number of halogens is 2. The van der Waals surface area contributed by atoms with Crippen molar-refractivity contribution in [3.8, 4) is 6.19 Å². The lowest BCUT2D eigenvalue weighted by molar-refractivity contribution is 0.629. The molecular formula is C9H7BrFN3S. The van der Waals surface area contributed by atoms with E-state index in [9.17, 15) is 4.39 Å². The van der Waals surface area contributed by atoms with Crippen LogP contribution >= 0.6 is 27.7 Å². The number of aliphatic imine (C=N–C) groups is 1. The molecule has 0 unspecified atom stereocenters. The fourth-order valence-electron chi connectivity index (χ4n) is 0.853. The van der Waals surface area contributed by atoms with E-state index < -0.39 is 5.82 Å². The van der Waals surface area contributed by atoms with Gasteiger partial charge in [0.05, 0.1) is 0 Å². The molecule has 0 saturated carbocycles. The van der Waals surface area contributed by atoms with E-state index >= 15 is 0 Å². The van der Waals surface area contributed by atoms with Crippen LogP contribution in [0.1, 0.15) is 0 Å². The van der Waals surface area contributed by atoms with Crippen molar-refractivity contribution < 1.29 is 4.39 Å². The maximum absolute atomic E-state index is 13.3. The molecule has 6 heteroatoms. The van der Waals surface area contributed by atoms with Crippen LogP contribution in [-0.4, -0.2) is 11.4 Å². The van der Waals surface area contributed by atoms with Gasteiger partial charge in [0.25, 0.3) is 0 Å². The van der Waals surface area contributed by atoms with Crippen molar-refractivity contribution >= 4 is 38.5 Å². The number of amidine groups is 1. The standard InChI is InChI=1S/C9H7BrFN3S/c1-15-9(13-5-12)14-8-4-6(10)2-3-7(8)11/h2-4H,1H3,(H,13,14). The summed E-state index contributed by atoms with van der Waals surface area (Å²) in [4.78, 5) is 3.97. The van der Waals surface area contributed by atoms with Gasteiger partial charge >= 0.3 is 0 Å². The maximum Gasteiger partial charge on any atom is 0.183 e. The zero-order chi connectivity index (χ0) is 11.3. The minimum atomic E-state index is -0.426. The molecule has 0 aliphatic carbocycles. The third-order valence-corrected chi connectivity index (χ3v) is 2.56. The normalized spacial score (nSPS) is 10.9. The molecule has 78 valence electrons. The van der Waals surface area contributed by atoms with Gasteiger partial charge < -0.3 is 0 Å². The Labute approximate surface area is 99.5 Å². The Morgan fingerprint density at radius 1 is 1.67 bits per heavy atom. The van der Waals surface area contributed by atoms with Crippen LogP contribution in [0.25, 0.3) is 0 Å². The maximum atomic E-state index is 13.3. The molecule has 0 aliphatic heterocycles. The number of nitrogens with one attached hydrogen (secondary N) is 1. The highest BCUT2D eigenvalue weighted by atomic mass is 79.9. The molecule has 0 amide bonds. The fraction of sp³-hybridized carbons (Fsp3) is 0.111. The minimum Gasteiger partial charge on any atom is -0.271 e. The first-order chi connectivity index (χ1) is 7.17. The molecule has 0 saturated heterocycles. The van der Waals surface area contributed by atoms with Crippen LogP contribution in [0.15, 0.2) is 27.7 Å². The summed E-state index contributed by atoms with van der Waals surface area (Å²) in [5, 5.41) is 11.1. The van der Waals surface area contributed by atoms with E-state index in [0.29, 0.717) is 5.17 Å². The number of thioether (sulfide) groups is 1. The van der Waals surface area contributed by atoms with Crippen molar-refractivity contribution in [3.05, 3.63) is 28.5 Å². The molecule has 0 heterocycles. The second kappa shape index (κ2) is 5.73. The SMILES string of the molecule is CSC(=Nc1cc(Br)ccc1F)NC#N. The molecule has 1 aromatic carbocycles. The van der Waals surface area contributed by atoms with Crippen molar-refractivity contribution in [1.82, 2.24) is 5.32 Å². The summed E-state index contributed by atoms with van der Waals surface area (Å²) in [5.41, 5.74) is 0.191. The molecule has 0 atom stereocenters. The number of nitrogens with zero attached hydrogens (tertiary/aromatic N) is 2. The third kappa shape index (κ3) is 3.53. The number of nitriles is 1. The van der Waals surface area contributed by atoms with E-state index in [2.05, 4.69) is 26.2 Å². The van der Waals surface area contributed by atoms with Crippen molar-refractivity contribution in [2.75, 3.05) is 6.26 Å². The summed E-state index contributed by atoms with van der Waals surface area (Å²) in [7, 11) is 0. The predicted molar refractivity (Wildman–Crippen MR) is 63.5 cm³/mol. The van der Waals surface area contributed by atoms with E-state index in [4.69, 9.17) is 5.26 Å². The Morgan fingerprint density at radius 3 is 3.00 bits per heavy atom. The summed E-state index contributed by atoms with van der Waals surface area (Å²) in [5.74, 6) is -0.426.